The fourth-order valence-corrected chi connectivity index (χ4v) is 3.05. The third-order valence-electron chi connectivity index (χ3n) is 4.38. The van der Waals surface area contributed by atoms with Crippen LogP contribution in [0.15, 0.2) is 24.3 Å². The third-order valence-corrected chi connectivity index (χ3v) is 4.38. The summed E-state index contributed by atoms with van der Waals surface area (Å²) in [7, 11) is 0. The summed E-state index contributed by atoms with van der Waals surface area (Å²) < 4.78 is 5.70. The molecule has 3 rings (SSSR count). The summed E-state index contributed by atoms with van der Waals surface area (Å²) in [5, 5.41) is 0. The van der Waals surface area contributed by atoms with Crippen molar-refractivity contribution in [1.82, 2.24) is 4.90 Å². The second-order valence-corrected chi connectivity index (χ2v) is 5.59. The topological polar surface area (TPSA) is 55.6 Å². The average molecular weight is 260 g/mol. The third kappa shape index (κ3) is 2.73. The molecule has 0 bridgehead atoms. The van der Waals surface area contributed by atoms with Crippen molar-refractivity contribution in [3.05, 3.63) is 29.8 Å². The number of benzene rings is 1. The molecular formula is C15H20N2O2. The van der Waals surface area contributed by atoms with Crippen molar-refractivity contribution in [3.63, 3.8) is 0 Å². The second kappa shape index (κ2) is 5.21. The van der Waals surface area contributed by atoms with Crippen LogP contribution in [0.2, 0.25) is 0 Å². The maximum Gasteiger partial charge on any atom is 0.248 e. The Balaban J connectivity index is 1.43. The molecule has 0 spiro atoms. The zero-order chi connectivity index (χ0) is 13.2. The number of carbonyl (C=O) groups excluding carboxylic acids is 1. The number of hydrogen-bond acceptors (Lipinski definition) is 3. The number of rotatable bonds is 5. The van der Waals surface area contributed by atoms with E-state index in [0.29, 0.717) is 12.2 Å². The molecule has 1 aliphatic heterocycles. The summed E-state index contributed by atoms with van der Waals surface area (Å²) in [6, 6.07) is 7.00. The quantitative estimate of drug-likeness (QED) is 0.873. The maximum atomic E-state index is 10.9. The second-order valence-electron chi connectivity index (χ2n) is 5.59. The normalized spacial score (nSPS) is 25.7. The van der Waals surface area contributed by atoms with Crippen LogP contribution in [0.25, 0.3) is 0 Å². The maximum absolute atomic E-state index is 10.9. The predicted molar refractivity (Wildman–Crippen MR) is 73.1 cm³/mol. The number of fused-ring (bicyclic) bond motifs is 1. The molecule has 1 amide bonds. The first kappa shape index (κ1) is 12.5. The molecule has 4 heteroatoms. The van der Waals surface area contributed by atoms with Crippen molar-refractivity contribution in [3.8, 4) is 5.75 Å². The van der Waals surface area contributed by atoms with E-state index >= 15 is 0 Å². The highest BCUT2D eigenvalue weighted by atomic mass is 16.5. The highest BCUT2D eigenvalue weighted by Gasteiger charge is 2.38. The number of primary amides is 1. The molecular weight excluding hydrogens is 240 g/mol. The summed E-state index contributed by atoms with van der Waals surface area (Å²) in [6.07, 6.45) is 2.83. The highest BCUT2D eigenvalue weighted by Crippen LogP contribution is 2.40. The Kier molecular flexibility index (Phi) is 3.42. The molecule has 1 saturated heterocycles. The van der Waals surface area contributed by atoms with Gasteiger partial charge < -0.3 is 10.5 Å². The average Bonchev–Trinajstić information content (AvgIpc) is 2.66. The van der Waals surface area contributed by atoms with E-state index in [4.69, 9.17) is 10.5 Å². The molecule has 2 N–H and O–H groups in total. The predicted octanol–water partition coefficient (Wildman–Crippen LogP) is 1.51. The van der Waals surface area contributed by atoms with Crippen LogP contribution in [-0.4, -0.2) is 37.0 Å². The first-order chi connectivity index (χ1) is 9.22. The van der Waals surface area contributed by atoms with Gasteiger partial charge in [0.15, 0.2) is 0 Å². The number of nitrogens with two attached hydrogens (primary N) is 1. The molecule has 102 valence electrons. The van der Waals surface area contributed by atoms with Gasteiger partial charge in [0.1, 0.15) is 12.4 Å². The Hall–Kier alpha value is -1.55. The van der Waals surface area contributed by atoms with Crippen LogP contribution >= 0.6 is 0 Å². The minimum Gasteiger partial charge on any atom is -0.492 e. The van der Waals surface area contributed by atoms with Crippen molar-refractivity contribution >= 4 is 5.91 Å². The van der Waals surface area contributed by atoms with E-state index in [0.717, 1.165) is 24.1 Å². The first-order valence-corrected chi connectivity index (χ1v) is 6.97. The Morgan fingerprint density at radius 3 is 2.37 bits per heavy atom. The standard InChI is InChI=1S/C15H20N2O2/c16-15(18)11-3-5-14(6-4-11)19-8-7-17-9-12-1-2-13(12)10-17/h3-6,12-13H,1-2,7-10H2,(H2,16,18)/t12-,13+. The van der Waals surface area contributed by atoms with Gasteiger partial charge in [0, 0.05) is 25.2 Å². The van der Waals surface area contributed by atoms with Crippen LogP contribution in [0, 0.1) is 11.8 Å². The van der Waals surface area contributed by atoms with Gasteiger partial charge in [0.25, 0.3) is 0 Å². The largest absolute Gasteiger partial charge is 0.492 e. The van der Waals surface area contributed by atoms with Crippen LogP contribution < -0.4 is 10.5 Å². The number of likely N-dealkylation sites (tertiary alicyclic amines) is 1. The fraction of sp³-hybridized carbons (Fsp3) is 0.533. The molecule has 19 heavy (non-hydrogen) atoms. The van der Waals surface area contributed by atoms with E-state index in [1.165, 1.54) is 25.9 Å². The molecule has 2 fully saturated rings. The molecule has 0 aromatic heterocycles. The van der Waals surface area contributed by atoms with Crippen LogP contribution in [0.3, 0.4) is 0 Å². The zero-order valence-corrected chi connectivity index (χ0v) is 11.0. The van der Waals surface area contributed by atoms with Crippen LogP contribution in [0.1, 0.15) is 23.2 Å². The van der Waals surface area contributed by atoms with Crippen molar-refractivity contribution in [2.75, 3.05) is 26.2 Å². The Morgan fingerprint density at radius 1 is 1.21 bits per heavy atom. The Bertz CT molecular complexity index is 446. The summed E-state index contributed by atoms with van der Waals surface area (Å²) >= 11 is 0. The molecule has 4 nitrogen and oxygen atoms in total. The van der Waals surface area contributed by atoms with Gasteiger partial charge in [-0.1, -0.05) is 0 Å². The fourth-order valence-electron chi connectivity index (χ4n) is 3.05. The van der Waals surface area contributed by atoms with Gasteiger partial charge in [-0.05, 0) is 48.9 Å². The summed E-state index contributed by atoms with van der Waals surface area (Å²) in [5.41, 5.74) is 5.71. The van der Waals surface area contributed by atoms with Gasteiger partial charge in [-0.3, -0.25) is 9.69 Å². The molecule has 0 unspecified atom stereocenters. The molecule has 0 radical (unpaired) electrons. The van der Waals surface area contributed by atoms with Crippen molar-refractivity contribution in [2.24, 2.45) is 17.6 Å². The molecule has 2 atom stereocenters. The number of ether oxygens (including phenoxy) is 1. The van der Waals surface area contributed by atoms with E-state index in [1.54, 1.807) is 24.3 Å². The Labute approximate surface area is 113 Å². The highest BCUT2D eigenvalue weighted by molar-refractivity contribution is 5.92. The van der Waals surface area contributed by atoms with E-state index in [1.807, 2.05) is 0 Å². The smallest absolute Gasteiger partial charge is 0.248 e. The number of nitrogens with zero attached hydrogens (tertiary/aromatic N) is 1. The monoisotopic (exact) mass is 260 g/mol. The molecule has 1 saturated carbocycles. The van der Waals surface area contributed by atoms with Crippen LogP contribution in [0.5, 0.6) is 5.75 Å². The van der Waals surface area contributed by atoms with Gasteiger partial charge in [-0.15, -0.1) is 0 Å². The summed E-state index contributed by atoms with van der Waals surface area (Å²) in [6.45, 7) is 4.18. The van der Waals surface area contributed by atoms with Gasteiger partial charge in [-0.25, -0.2) is 0 Å². The SMILES string of the molecule is NC(=O)c1ccc(OCCN2C[C@H]3CC[C@H]3C2)cc1. The van der Waals surface area contributed by atoms with E-state index in [2.05, 4.69) is 4.90 Å². The van der Waals surface area contributed by atoms with Gasteiger partial charge in [0.2, 0.25) is 5.91 Å². The van der Waals surface area contributed by atoms with Crippen molar-refractivity contribution in [1.29, 1.82) is 0 Å². The lowest BCUT2D eigenvalue weighted by molar-refractivity contribution is 0.100. The van der Waals surface area contributed by atoms with Crippen LogP contribution in [0.4, 0.5) is 0 Å². The Morgan fingerprint density at radius 2 is 1.84 bits per heavy atom. The molecule has 1 aromatic carbocycles. The molecule has 1 heterocycles. The zero-order valence-electron chi connectivity index (χ0n) is 11.0. The lowest BCUT2D eigenvalue weighted by atomic mass is 9.77. The van der Waals surface area contributed by atoms with Gasteiger partial charge in [0.05, 0.1) is 0 Å². The molecule has 1 aromatic rings. The van der Waals surface area contributed by atoms with Crippen molar-refractivity contribution in [2.45, 2.75) is 12.8 Å². The van der Waals surface area contributed by atoms with Gasteiger partial charge >= 0.3 is 0 Å². The van der Waals surface area contributed by atoms with E-state index in [-0.39, 0.29) is 0 Å². The number of carbonyl (C=O) groups is 1. The van der Waals surface area contributed by atoms with E-state index < -0.39 is 5.91 Å². The van der Waals surface area contributed by atoms with Crippen LogP contribution in [-0.2, 0) is 0 Å². The summed E-state index contributed by atoms with van der Waals surface area (Å²) in [4.78, 5) is 13.4. The lowest BCUT2D eigenvalue weighted by Crippen LogP contribution is -2.26. The molecule has 1 aliphatic carbocycles. The van der Waals surface area contributed by atoms with Crippen molar-refractivity contribution < 1.29 is 9.53 Å². The molecule has 2 aliphatic rings. The minimum absolute atomic E-state index is 0.404. The first-order valence-electron chi connectivity index (χ1n) is 6.97. The number of hydrogen-bond donors (Lipinski definition) is 1. The summed E-state index contributed by atoms with van der Waals surface area (Å²) in [5.74, 6) is 2.30. The van der Waals surface area contributed by atoms with E-state index in [9.17, 15) is 4.79 Å². The lowest BCUT2D eigenvalue weighted by Gasteiger charge is -2.28. The minimum atomic E-state index is -0.404. The van der Waals surface area contributed by atoms with Gasteiger partial charge in [-0.2, -0.15) is 0 Å². The number of amides is 1.